The molecule has 1 aromatic rings. The molecule has 90 valence electrons. The van der Waals surface area contributed by atoms with E-state index in [4.69, 9.17) is 14.6 Å². The van der Waals surface area contributed by atoms with Crippen LogP contribution in [0.5, 0.6) is 11.5 Å². The number of rotatable bonds is 3. The highest BCUT2D eigenvalue weighted by Crippen LogP contribution is 2.30. The fourth-order valence-electron chi connectivity index (χ4n) is 1.63. The molecule has 1 N–H and O–H groups in total. The molecular weight excluding hydrogens is 220 g/mol. The first-order valence-corrected chi connectivity index (χ1v) is 5.54. The first-order valence-electron chi connectivity index (χ1n) is 5.54. The van der Waals surface area contributed by atoms with Gasteiger partial charge in [0.25, 0.3) is 0 Å². The van der Waals surface area contributed by atoms with Crippen LogP contribution in [0, 0.1) is 0 Å². The molecule has 0 bridgehead atoms. The number of fused-ring (bicyclic) bond motifs is 1. The Morgan fingerprint density at radius 1 is 1.29 bits per heavy atom. The molecule has 1 aliphatic rings. The molecule has 0 atom stereocenters. The largest absolute Gasteiger partial charge is 0.490 e. The quantitative estimate of drug-likeness (QED) is 0.813. The Morgan fingerprint density at radius 3 is 2.82 bits per heavy atom. The number of aliphatic carboxylic acids is 1. The molecule has 0 aliphatic carbocycles. The lowest BCUT2D eigenvalue weighted by atomic mass is 10.1. The fourth-order valence-corrected chi connectivity index (χ4v) is 1.63. The topological polar surface area (TPSA) is 55.8 Å². The summed E-state index contributed by atoms with van der Waals surface area (Å²) in [4.78, 5) is 10.3. The van der Waals surface area contributed by atoms with Crippen molar-refractivity contribution in [2.45, 2.75) is 12.8 Å². The molecule has 17 heavy (non-hydrogen) atoms. The standard InChI is InChI=1S/C13H14O4/c14-13(15)4-1-3-10-5-6-11-12(9-10)17-8-2-7-16-11/h1,4-6,9H,2-3,7-8H2,(H,14,15)/b4-1+. The second-order valence-electron chi connectivity index (χ2n) is 3.78. The van der Waals surface area contributed by atoms with Crippen molar-refractivity contribution in [2.75, 3.05) is 13.2 Å². The smallest absolute Gasteiger partial charge is 0.327 e. The molecule has 0 unspecified atom stereocenters. The number of carboxylic acid groups (broad SMARTS) is 1. The minimum atomic E-state index is -0.931. The average Bonchev–Trinajstić information content (AvgIpc) is 2.53. The molecule has 4 nitrogen and oxygen atoms in total. The van der Waals surface area contributed by atoms with Crippen molar-refractivity contribution in [3.8, 4) is 11.5 Å². The Kier molecular flexibility index (Phi) is 3.65. The molecule has 0 saturated heterocycles. The third kappa shape index (κ3) is 3.24. The van der Waals surface area contributed by atoms with Gasteiger partial charge in [0, 0.05) is 12.5 Å². The molecule has 1 heterocycles. The Balaban J connectivity index is 2.09. The van der Waals surface area contributed by atoms with Crippen molar-refractivity contribution in [3.05, 3.63) is 35.9 Å². The highest BCUT2D eigenvalue weighted by atomic mass is 16.5. The van der Waals surface area contributed by atoms with Crippen molar-refractivity contribution >= 4 is 5.97 Å². The van der Waals surface area contributed by atoms with Gasteiger partial charge in [-0.15, -0.1) is 0 Å². The molecule has 0 amide bonds. The van der Waals surface area contributed by atoms with Gasteiger partial charge >= 0.3 is 5.97 Å². The second kappa shape index (κ2) is 5.39. The van der Waals surface area contributed by atoms with E-state index in [9.17, 15) is 4.79 Å². The Hall–Kier alpha value is -1.97. The van der Waals surface area contributed by atoms with Gasteiger partial charge in [0.05, 0.1) is 13.2 Å². The van der Waals surface area contributed by atoms with Crippen LogP contribution in [-0.2, 0) is 11.2 Å². The van der Waals surface area contributed by atoms with E-state index < -0.39 is 5.97 Å². The maximum Gasteiger partial charge on any atom is 0.327 e. The van der Waals surface area contributed by atoms with E-state index in [1.165, 1.54) is 0 Å². The van der Waals surface area contributed by atoms with Crippen LogP contribution >= 0.6 is 0 Å². The summed E-state index contributed by atoms with van der Waals surface area (Å²) in [5, 5.41) is 8.49. The summed E-state index contributed by atoms with van der Waals surface area (Å²) in [6.45, 7) is 1.33. The summed E-state index contributed by atoms with van der Waals surface area (Å²) in [6.07, 6.45) is 4.20. The van der Waals surface area contributed by atoms with Crippen molar-refractivity contribution in [2.24, 2.45) is 0 Å². The van der Waals surface area contributed by atoms with Gasteiger partial charge in [0.1, 0.15) is 0 Å². The molecule has 1 aliphatic heterocycles. The predicted molar refractivity (Wildman–Crippen MR) is 62.5 cm³/mol. The number of hydrogen-bond acceptors (Lipinski definition) is 3. The van der Waals surface area contributed by atoms with E-state index in [2.05, 4.69) is 0 Å². The van der Waals surface area contributed by atoms with Crippen LogP contribution < -0.4 is 9.47 Å². The summed E-state index contributed by atoms with van der Waals surface area (Å²) in [6, 6.07) is 5.68. The molecule has 0 saturated carbocycles. The van der Waals surface area contributed by atoms with Crippen molar-refractivity contribution in [1.29, 1.82) is 0 Å². The van der Waals surface area contributed by atoms with Crippen LogP contribution in [0.1, 0.15) is 12.0 Å². The molecule has 4 heteroatoms. The van der Waals surface area contributed by atoms with Crippen molar-refractivity contribution in [3.63, 3.8) is 0 Å². The maximum atomic E-state index is 10.3. The van der Waals surface area contributed by atoms with Gasteiger partial charge in [0.15, 0.2) is 11.5 Å². The first-order chi connectivity index (χ1) is 8.25. The van der Waals surface area contributed by atoms with Crippen molar-refractivity contribution in [1.82, 2.24) is 0 Å². The monoisotopic (exact) mass is 234 g/mol. The lowest BCUT2D eigenvalue weighted by molar-refractivity contribution is -0.131. The molecule has 2 rings (SSSR count). The Morgan fingerprint density at radius 2 is 2.06 bits per heavy atom. The number of allylic oxidation sites excluding steroid dienone is 1. The second-order valence-corrected chi connectivity index (χ2v) is 3.78. The number of carbonyl (C=O) groups is 1. The van der Waals surface area contributed by atoms with Crippen molar-refractivity contribution < 1.29 is 19.4 Å². The summed E-state index contributed by atoms with van der Waals surface area (Å²) in [5.74, 6) is 0.566. The van der Waals surface area contributed by atoms with Gasteiger partial charge in [-0.25, -0.2) is 4.79 Å². The average molecular weight is 234 g/mol. The lowest BCUT2D eigenvalue weighted by Gasteiger charge is -2.08. The van der Waals surface area contributed by atoms with Crippen LogP contribution in [-0.4, -0.2) is 24.3 Å². The van der Waals surface area contributed by atoms with Gasteiger partial charge in [-0.05, 0) is 24.1 Å². The number of carboxylic acids is 1. The third-order valence-electron chi connectivity index (χ3n) is 2.43. The van der Waals surface area contributed by atoms with Gasteiger partial charge in [-0.1, -0.05) is 12.1 Å². The predicted octanol–water partition coefficient (Wildman–Crippen LogP) is 2.03. The highest BCUT2D eigenvalue weighted by molar-refractivity contribution is 5.79. The van der Waals surface area contributed by atoms with Crippen LogP contribution in [0.3, 0.4) is 0 Å². The number of hydrogen-bond donors (Lipinski definition) is 1. The zero-order valence-corrected chi connectivity index (χ0v) is 9.39. The van der Waals surface area contributed by atoms with E-state index in [0.717, 1.165) is 29.6 Å². The highest BCUT2D eigenvalue weighted by Gasteiger charge is 2.09. The first kappa shape index (κ1) is 11.5. The molecule has 0 fully saturated rings. The summed E-state index contributed by atoms with van der Waals surface area (Å²) in [7, 11) is 0. The molecular formula is C13H14O4. The summed E-state index contributed by atoms with van der Waals surface area (Å²) >= 11 is 0. The van der Waals surface area contributed by atoms with E-state index in [1.807, 2.05) is 18.2 Å². The SMILES string of the molecule is O=C(O)/C=C/Cc1ccc2c(c1)OCCCO2. The summed E-state index contributed by atoms with van der Waals surface area (Å²) < 4.78 is 11.1. The number of benzene rings is 1. The molecule has 1 aromatic carbocycles. The fraction of sp³-hybridized carbons (Fsp3) is 0.308. The van der Waals surface area contributed by atoms with Gasteiger partial charge in [-0.3, -0.25) is 0 Å². The zero-order chi connectivity index (χ0) is 12.1. The minimum absolute atomic E-state index is 0.572. The normalized spacial score (nSPS) is 14.6. The van der Waals surface area contributed by atoms with Crippen LogP contribution in [0.4, 0.5) is 0 Å². The molecule has 0 spiro atoms. The van der Waals surface area contributed by atoms with Gasteiger partial charge in [0.2, 0.25) is 0 Å². The van der Waals surface area contributed by atoms with Gasteiger partial charge < -0.3 is 14.6 Å². The Bertz CT molecular complexity index is 437. The van der Waals surface area contributed by atoms with Crippen LogP contribution in [0.2, 0.25) is 0 Å². The maximum absolute atomic E-state index is 10.3. The van der Waals surface area contributed by atoms with Crippen LogP contribution in [0.25, 0.3) is 0 Å². The third-order valence-corrected chi connectivity index (χ3v) is 2.43. The molecule has 0 radical (unpaired) electrons. The minimum Gasteiger partial charge on any atom is -0.490 e. The van der Waals surface area contributed by atoms with E-state index in [1.54, 1.807) is 6.08 Å². The van der Waals surface area contributed by atoms with Crippen LogP contribution in [0.15, 0.2) is 30.4 Å². The lowest BCUT2D eigenvalue weighted by Crippen LogP contribution is -1.97. The van der Waals surface area contributed by atoms with E-state index in [-0.39, 0.29) is 0 Å². The van der Waals surface area contributed by atoms with E-state index in [0.29, 0.717) is 19.6 Å². The van der Waals surface area contributed by atoms with E-state index >= 15 is 0 Å². The number of ether oxygens (including phenoxy) is 2. The zero-order valence-electron chi connectivity index (χ0n) is 9.39. The molecule has 0 aromatic heterocycles. The van der Waals surface area contributed by atoms with Gasteiger partial charge in [-0.2, -0.15) is 0 Å². The summed E-state index contributed by atoms with van der Waals surface area (Å²) in [5.41, 5.74) is 1.01. The Labute approximate surface area is 99.5 Å².